The summed E-state index contributed by atoms with van der Waals surface area (Å²) in [5.74, 6) is -0.148. The third kappa shape index (κ3) is 3.14. The summed E-state index contributed by atoms with van der Waals surface area (Å²) in [5.41, 5.74) is 8.87. The van der Waals surface area contributed by atoms with Crippen molar-refractivity contribution in [3.63, 3.8) is 0 Å². The summed E-state index contributed by atoms with van der Waals surface area (Å²) >= 11 is 0. The largest absolute Gasteiger partial charge is 0.368 e. The summed E-state index contributed by atoms with van der Waals surface area (Å²) in [5, 5.41) is 0. The Morgan fingerprint density at radius 1 is 1.40 bits per heavy atom. The van der Waals surface area contributed by atoms with Crippen LogP contribution in [0.25, 0.3) is 0 Å². The first-order valence-corrected chi connectivity index (χ1v) is 7.86. The molecule has 1 aliphatic heterocycles. The lowest BCUT2D eigenvalue weighted by Gasteiger charge is -2.39. The molecule has 0 saturated carbocycles. The van der Waals surface area contributed by atoms with E-state index in [9.17, 15) is 4.39 Å². The minimum absolute atomic E-state index is 0.135. The molecule has 1 heterocycles. The molecule has 1 aliphatic rings. The van der Waals surface area contributed by atoms with E-state index in [1.807, 2.05) is 19.9 Å². The second kappa shape index (κ2) is 6.57. The topological polar surface area (TPSA) is 29.3 Å². The molecule has 112 valence electrons. The van der Waals surface area contributed by atoms with Crippen LogP contribution in [0.15, 0.2) is 12.1 Å². The zero-order valence-corrected chi connectivity index (χ0v) is 13.0. The number of nitrogens with two attached hydrogens (primary N) is 1. The van der Waals surface area contributed by atoms with Crippen molar-refractivity contribution in [2.75, 3.05) is 11.4 Å². The highest BCUT2D eigenvalue weighted by Crippen LogP contribution is 2.34. The van der Waals surface area contributed by atoms with Crippen molar-refractivity contribution in [2.24, 2.45) is 5.73 Å². The Hall–Kier alpha value is -1.09. The van der Waals surface area contributed by atoms with E-state index in [2.05, 4.69) is 11.8 Å². The van der Waals surface area contributed by atoms with Gasteiger partial charge in [0.15, 0.2) is 0 Å². The zero-order valence-electron chi connectivity index (χ0n) is 13.0. The van der Waals surface area contributed by atoms with E-state index in [0.29, 0.717) is 11.6 Å². The molecule has 2 atom stereocenters. The van der Waals surface area contributed by atoms with Crippen molar-refractivity contribution >= 4 is 5.69 Å². The van der Waals surface area contributed by atoms with E-state index in [4.69, 9.17) is 5.73 Å². The lowest BCUT2D eigenvalue weighted by Crippen LogP contribution is -2.40. The van der Waals surface area contributed by atoms with E-state index in [-0.39, 0.29) is 11.9 Å². The van der Waals surface area contributed by atoms with E-state index in [1.54, 1.807) is 6.07 Å². The Bertz CT molecular complexity index is 455. The van der Waals surface area contributed by atoms with Crippen molar-refractivity contribution in [3.05, 3.63) is 29.1 Å². The van der Waals surface area contributed by atoms with Crippen LogP contribution in [-0.4, -0.2) is 12.6 Å². The van der Waals surface area contributed by atoms with Gasteiger partial charge in [0.2, 0.25) is 0 Å². The number of rotatable bonds is 4. The molecule has 3 heteroatoms. The van der Waals surface area contributed by atoms with Crippen molar-refractivity contribution < 1.29 is 4.39 Å². The average Bonchev–Trinajstić information content (AvgIpc) is 2.42. The standard InChI is InChI=1S/C17H27FN2/c1-4-7-14-8-5-6-9-20(14)17-10-12(2)16(18)11-15(17)13(3)19/h10-11,13-14H,4-9,19H2,1-3H3/t13-,14?/m1/s1. The average molecular weight is 278 g/mol. The Kier molecular flexibility index (Phi) is 5.03. The van der Waals surface area contributed by atoms with Crippen molar-refractivity contribution in [3.8, 4) is 0 Å². The van der Waals surface area contributed by atoms with Crippen molar-refractivity contribution in [1.29, 1.82) is 0 Å². The van der Waals surface area contributed by atoms with Gasteiger partial charge in [-0.2, -0.15) is 0 Å². The fourth-order valence-electron chi connectivity index (χ4n) is 3.25. The van der Waals surface area contributed by atoms with Crippen LogP contribution in [0.1, 0.15) is 63.1 Å². The van der Waals surface area contributed by atoms with Crippen LogP contribution in [0.4, 0.5) is 10.1 Å². The molecule has 20 heavy (non-hydrogen) atoms. The van der Waals surface area contributed by atoms with E-state index >= 15 is 0 Å². The number of aryl methyl sites for hydroxylation is 1. The molecule has 2 nitrogen and oxygen atoms in total. The number of halogens is 1. The molecule has 1 unspecified atom stereocenters. The molecule has 0 aromatic heterocycles. The van der Waals surface area contributed by atoms with Gasteiger partial charge in [0.25, 0.3) is 0 Å². The molecular weight excluding hydrogens is 251 g/mol. The van der Waals surface area contributed by atoms with Gasteiger partial charge >= 0.3 is 0 Å². The third-order valence-electron chi connectivity index (χ3n) is 4.36. The molecule has 1 aromatic rings. The molecule has 2 rings (SSSR count). The summed E-state index contributed by atoms with van der Waals surface area (Å²) in [6, 6.07) is 4.06. The molecular formula is C17H27FN2. The van der Waals surface area contributed by atoms with Gasteiger partial charge in [-0.15, -0.1) is 0 Å². The first-order valence-electron chi connectivity index (χ1n) is 7.86. The van der Waals surface area contributed by atoms with Gasteiger partial charge in [-0.1, -0.05) is 13.3 Å². The van der Waals surface area contributed by atoms with Crippen LogP contribution >= 0.6 is 0 Å². The summed E-state index contributed by atoms with van der Waals surface area (Å²) in [6.07, 6.45) is 6.15. The minimum Gasteiger partial charge on any atom is -0.368 e. The minimum atomic E-state index is -0.148. The summed E-state index contributed by atoms with van der Waals surface area (Å²) in [7, 11) is 0. The molecule has 2 N–H and O–H groups in total. The van der Waals surface area contributed by atoms with Crippen LogP contribution in [-0.2, 0) is 0 Å². The van der Waals surface area contributed by atoms with Gasteiger partial charge in [-0.25, -0.2) is 4.39 Å². The first-order chi connectivity index (χ1) is 9.54. The van der Waals surface area contributed by atoms with E-state index < -0.39 is 0 Å². The number of benzene rings is 1. The Morgan fingerprint density at radius 3 is 2.80 bits per heavy atom. The maximum Gasteiger partial charge on any atom is 0.126 e. The fraction of sp³-hybridized carbons (Fsp3) is 0.647. The molecule has 1 saturated heterocycles. The van der Waals surface area contributed by atoms with Crippen LogP contribution in [0.2, 0.25) is 0 Å². The van der Waals surface area contributed by atoms with Crippen molar-refractivity contribution in [1.82, 2.24) is 0 Å². The second-order valence-corrected chi connectivity index (χ2v) is 6.08. The first kappa shape index (κ1) is 15.3. The fourth-order valence-corrected chi connectivity index (χ4v) is 3.25. The smallest absolute Gasteiger partial charge is 0.126 e. The molecule has 1 aromatic carbocycles. The predicted octanol–water partition coefficient (Wildman–Crippen LogP) is 4.31. The summed E-state index contributed by atoms with van der Waals surface area (Å²) in [6.45, 7) is 7.07. The molecule has 0 spiro atoms. The Balaban J connectivity index is 2.40. The number of nitrogens with zero attached hydrogens (tertiary/aromatic N) is 1. The number of anilines is 1. The predicted molar refractivity (Wildman–Crippen MR) is 83.6 cm³/mol. The molecule has 0 bridgehead atoms. The van der Waals surface area contributed by atoms with Crippen LogP contribution < -0.4 is 10.6 Å². The highest BCUT2D eigenvalue weighted by molar-refractivity contribution is 5.58. The van der Waals surface area contributed by atoms with Gasteiger partial charge < -0.3 is 10.6 Å². The number of hydrogen-bond acceptors (Lipinski definition) is 2. The maximum atomic E-state index is 13.9. The van der Waals surface area contributed by atoms with E-state index in [1.165, 1.54) is 32.1 Å². The Labute approximate surface area is 122 Å². The van der Waals surface area contributed by atoms with E-state index in [0.717, 1.165) is 17.8 Å². The van der Waals surface area contributed by atoms with Crippen molar-refractivity contribution in [2.45, 2.75) is 65.0 Å². The SMILES string of the molecule is CCCC1CCCCN1c1cc(C)c(F)cc1[C@@H](C)N. The van der Waals surface area contributed by atoms with Crippen LogP contribution in [0.3, 0.4) is 0 Å². The zero-order chi connectivity index (χ0) is 14.7. The number of piperidine rings is 1. The highest BCUT2D eigenvalue weighted by atomic mass is 19.1. The van der Waals surface area contributed by atoms with Crippen LogP contribution in [0.5, 0.6) is 0 Å². The molecule has 0 amide bonds. The highest BCUT2D eigenvalue weighted by Gasteiger charge is 2.25. The van der Waals surface area contributed by atoms with Gasteiger partial charge in [0.1, 0.15) is 5.82 Å². The maximum absolute atomic E-state index is 13.9. The second-order valence-electron chi connectivity index (χ2n) is 6.08. The third-order valence-corrected chi connectivity index (χ3v) is 4.36. The number of hydrogen-bond donors (Lipinski definition) is 1. The molecule has 1 fully saturated rings. The van der Waals surface area contributed by atoms with Gasteiger partial charge in [0.05, 0.1) is 0 Å². The van der Waals surface area contributed by atoms with Gasteiger partial charge in [-0.05, 0) is 62.8 Å². The molecule has 0 radical (unpaired) electrons. The van der Waals surface area contributed by atoms with Gasteiger partial charge in [-0.3, -0.25) is 0 Å². The molecule has 0 aliphatic carbocycles. The van der Waals surface area contributed by atoms with Gasteiger partial charge in [0, 0.05) is 24.3 Å². The Morgan fingerprint density at radius 2 is 2.15 bits per heavy atom. The summed E-state index contributed by atoms with van der Waals surface area (Å²) < 4.78 is 13.9. The van der Waals surface area contributed by atoms with Crippen LogP contribution in [0, 0.1) is 12.7 Å². The normalized spacial score (nSPS) is 21.1. The summed E-state index contributed by atoms with van der Waals surface area (Å²) in [4.78, 5) is 2.47. The quantitative estimate of drug-likeness (QED) is 0.889. The monoisotopic (exact) mass is 278 g/mol. The lowest BCUT2D eigenvalue weighted by molar-refractivity contribution is 0.433. The lowest BCUT2D eigenvalue weighted by atomic mass is 9.94.